The molecule has 1 aromatic carbocycles. The van der Waals surface area contributed by atoms with E-state index in [-0.39, 0.29) is 11.9 Å². The number of para-hydroxylation sites is 1. The van der Waals surface area contributed by atoms with Crippen LogP contribution in [-0.4, -0.2) is 18.5 Å². The van der Waals surface area contributed by atoms with Crippen molar-refractivity contribution in [2.45, 2.75) is 46.5 Å². The number of carbonyl (C=O) groups is 2. The van der Waals surface area contributed by atoms with Crippen molar-refractivity contribution in [1.82, 2.24) is 0 Å². The zero-order valence-corrected chi connectivity index (χ0v) is 12.6. The minimum absolute atomic E-state index is 0.175. The molecule has 20 heavy (non-hydrogen) atoms. The summed E-state index contributed by atoms with van der Waals surface area (Å²) in [5, 5.41) is 0. The lowest BCUT2D eigenvalue weighted by molar-refractivity contribution is -0.141. The van der Waals surface area contributed by atoms with Gasteiger partial charge >= 0.3 is 11.9 Å². The summed E-state index contributed by atoms with van der Waals surface area (Å²) in [4.78, 5) is 20.9. The second-order valence-corrected chi connectivity index (χ2v) is 4.19. The molecule has 0 heterocycles. The summed E-state index contributed by atoms with van der Waals surface area (Å²) in [5.74, 6) is 0.238. The van der Waals surface area contributed by atoms with Gasteiger partial charge in [-0.3, -0.25) is 9.59 Å². The largest absolute Gasteiger partial charge is 0.466 e. The van der Waals surface area contributed by atoms with Crippen LogP contribution in [0, 0.1) is 0 Å². The number of hydrogen-bond donors (Lipinski definition) is 0. The third-order valence-corrected chi connectivity index (χ3v) is 2.32. The molecule has 0 unspecified atom stereocenters. The number of unbranched alkanes of at least 4 members (excludes halogenated alkanes) is 2. The Bertz CT molecular complexity index is 373. The van der Waals surface area contributed by atoms with E-state index in [1.807, 2.05) is 18.2 Å². The van der Waals surface area contributed by atoms with Crippen LogP contribution < -0.4 is 4.74 Å². The first kappa shape index (κ1) is 18.2. The molecule has 0 spiro atoms. The Morgan fingerprint density at radius 1 is 1.05 bits per heavy atom. The molecule has 0 radical (unpaired) electrons. The van der Waals surface area contributed by atoms with Gasteiger partial charge in [-0.1, -0.05) is 44.9 Å². The van der Waals surface area contributed by atoms with E-state index >= 15 is 0 Å². The molecule has 0 N–H and O–H groups in total. The van der Waals surface area contributed by atoms with Crippen molar-refractivity contribution < 1.29 is 19.1 Å². The highest BCUT2D eigenvalue weighted by molar-refractivity contribution is 5.71. The molecule has 4 heteroatoms. The van der Waals surface area contributed by atoms with Gasteiger partial charge in [-0.05, 0) is 18.6 Å². The third-order valence-electron chi connectivity index (χ3n) is 2.32. The van der Waals surface area contributed by atoms with E-state index in [4.69, 9.17) is 9.47 Å². The number of benzene rings is 1. The van der Waals surface area contributed by atoms with E-state index in [9.17, 15) is 9.59 Å². The highest BCUT2D eigenvalue weighted by atomic mass is 16.5. The normalized spacial score (nSPS) is 9.15. The van der Waals surface area contributed by atoms with Crippen molar-refractivity contribution in [3.8, 4) is 5.75 Å². The second-order valence-electron chi connectivity index (χ2n) is 4.19. The fourth-order valence-electron chi connectivity index (χ4n) is 1.26. The van der Waals surface area contributed by atoms with Crippen LogP contribution >= 0.6 is 0 Å². The Labute approximate surface area is 121 Å². The number of esters is 2. The zero-order chi connectivity index (χ0) is 15.2. The van der Waals surface area contributed by atoms with Gasteiger partial charge in [-0.15, -0.1) is 0 Å². The van der Waals surface area contributed by atoms with Crippen molar-refractivity contribution in [2.75, 3.05) is 6.61 Å². The van der Waals surface area contributed by atoms with E-state index < -0.39 is 0 Å². The SMILES string of the molecule is CCC(=O)Oc1ccccc1.CCCCCOC(C)=O. The standard InChI is InChI=1S/C9H10O2.C7H14O2/c1-2-9(10)11-8-6-4-3-5-7-8;1-3-4-5-6-9-7(2)8/h3-7H,2H2,1H3;3-6H2,1-2H3. The monoisotopic (exact) mass is 280 g/mol. The van der Waals surface area contributed by atoms with Crippen LogP contribution in [0.4, 0.5) is 0 Å². The lowest BCUT2D eigenvalue weighted by Gasteiger charge is -1.99. The third kappa shape index (κ3) is 11.3. The quantitative estimate of drug-likeness (QED) is 0.452. The van der Waals surface area contributed by atoms with Gasteiger partial charge in [0.05, 0.1) is 6.61 Å². The molecule has 0 saturated heterocycles. The number of ether oxygens (including phenoxy) is 2. The van der Waals surface area contributed by atoms with Crippen molar-refractivity contribution >= 4 is 11.9 Å². The molecule has 0 aliphatic heterocycles. The molecule has 0 saturated carbocycles. The Hall–Kier alpha value is -1.84. The summed E-state index contributed by atoms with van der Waals surface area (Å²) in [6.45, 7) is 5.91. The van der Waals surface area contributed by atoms with Crippen LogP contribution in [0.5, 0.6) is 5.75 Å². The minimum atomic E-state index is -0.198. The van der Waals surface area contributed by atoms with Gasteiger partial charge < -0.3 is 9.47 Å². The molecule has 112 valence electrons. The number of hydrogen-bond acceptors (Lipinski definition) is 4. The highest BCUT2D eigenvalue weighted by Gasteiger charge is 1.98. The maximum atomic E-state index is 10.8. The number of carbonyl (C=O) groups excluding carboxylic acids is 2. The van der Waals surface area contributed by atoms with Crippen molar-refractivity contribution in [3.05, 3.63) is 30.3 Å². The topological polar surface area (TPSA) is 52.6 Å². The van der Waals surface area contributed by atoms with Crippen LogP contribution in [0.15, 0.2) is 30.3 Å². The molecule has 0 aliphatic rings. The van der Waals surface area contributed by atoms with Gasteiger partial charge in [0, 0.05) is 13.3 Å². The maximum absolute atomic E-state index is 10.8. The van der Waals surface area contributed by atoms with Crippen molar-refractivity contribution in [2.24, 2.45) is 0 Å². The maximum Gasteiger partial charge on any atom is 0.310 e. The van der Waals surface area contributed by atoms with Crippen molar-refractivity contribution in [1.29, 1.82) is 0 Å². The van der Waals surface area contributed by atoms with E-state index in [1.165, 1.54) is 13.3 Å². The molecule has 0 bridgehead atoms. The van der Waals surface area contributed by atoms with Crippen LogP contribution in [0.1, 0.15) is 46.5 Å². The minimum Gasteiger partial charge on any atom is -0.466 e. The Morgan fingerprint density at radius 2 is 1.70 bits per heavy atom. The van der Waals surface area contributed by atoms with E-state index in [0.29, 0.717) is 18.8 Å². The summed E-state index contributed by atoms with van der Waals surface area (Å²) in [5.41, 5.74) is 0. The summed E-state index contributed by atoms with van der Waals surface area (Å²) in [6.07, 6.45) is 3.72. The summed E-state index contributed by atoms with van der Waals surface area (Å²) >= 11 is 0. The highest BCUT2D eigenvalue weighted by Crippen LogP contribution is 2.08. The first-order valence-electron chi connectivity index (χ1n) is 6.99. The molecule has 1 rings (SSSR count). The molecular formula is C16H24O4. The molecule has 0 aliphatic carbocycles. The molecule has 0 fully saturated rings. The average Bonchev–Trinajstić information content (AvgIpc) is 2.45. The van der Waals surface area contributed by atoms with Crippen molar-refractivity contribution in [3.63, 3.8) is 0 Å². The molecule has 4 nitrogen and oxygen atoms in total. The first-order chi connectivity index (χ1) is 9.60. The first-order valence-corrected chi connectivity index (χ1v) is 6.99. The fraction of sp³-hybridized carbons (Fsp3) is 0.500. The fourth-order valence-corrected chi connectivity index (χ4v) is 1.26. The lowest BCUT2D eigenvalue weighted by atomic mass is 10.3. The summed E-state index contributed by atoms with van der Waals surface area (Å²) in [6, 6.07) is 9.06. The Morgan fingerprint density at radius 3 is 2.20 bits per heavy atom. The summed E-state index contributed by atoms with van der Waals surface area (Å²) < 4.78 is 9.63. The van der Waals surface area contributed by atoms with Gasteiger partial charge in [0.1, 0.15) is 5.75 Å². The second kappa shape index (κ2) is 12.2. The van der Waals surface area contributed by atoms with E-state index in [2.05, 4.69) is 6.92 Å². The Balaban J connectivity index is 0.000000370. The zero-order valence-electron chi connectivity index (χ0n) is 12.6. The molecule has 0 amide bonds. The van der Waals surface area contributed by atoms with Crippen LogP contribution in [0.25, 0.3) is 0 Å². The average molecular weight is 280 g/mol. The van der Waals surface area contributed by atoms with E-state index in [0.717, 1.165) is 12.8 Å². The van der Waals surface area contributed by atoms with Gasteiger partial charge in [-0.2, -0.15) is 0 Å². The summed E-state index contributed by atoms with van der Waals surface area (Å²) in [7, 11) is 0. The lowest BCUT2D eigenvalue weighted by Crippen LogP contribution is -2.04. The Kier molecular flexibility index (Phi) is 11.1. The van der Waals surface area contributed by atoms with Gasteiger partial charge in [0.2, 0.25) is 0 Å². The van der Waals surface area contributed by atoms with E-state index in [1.54, 1.807) is 19.1 Å². The molecule has 1 aromatic rings. The van der Waals surface area contributed by atoms with Crippen LogP contribution in [0.2, 0.25) is 0 Å². The predicted molar refractivity (Wildman–Crippen MR) is 78.5 cm³/mol. The smallest absolute Gasteiger partial charge is 0.310 e. The van der Waals surface area contributed by atoms with Gasteiger partial charge in [0.15, 0.2) is 0 Å². The van der Waals surface area contributed by atoms with Gasteiger partial charge in [-0.25, -0.2) is 0 Å². The van der Waals surface area contributed by atoms with Gasteiger partial charge in [0.25, 0.3) is 0 Å². The predicted octanol–water partition coefficient (Wildman–Crippen LogP) is 3.74. The molecular weight excluding hydrogens is 256 g/mol. The molecule has 0 aromatic heterocycles. The van der Waals surface area contributed by atoms with Crippen LogP contribution in [0.3, 0.4) is 0 Å². The molecule has 0 atom stereocenters. The van der Waals surface area contributed by atoms with Crippen LogP contribution in [-0.2, 0) is 14.3 Å². The number of rotatable bonds is 6.